The van der Waals surface area contributed by atoms with Crippen LogP contribution >= 0.6 is 0 Å². The zero-order valence-electron chi connectivity index (χ0n) is 19.5. The number of nitrogens with zero attached hydrogens (tertiary/aromatic N) is 4. The molecule has 0 unspecified atom stereocenters. The van der Waals surface area contributed by atoms with E-state index in [2.05, 4.69) is 34.3 Å². The predicted molar refractivity (Wildman–Crippen MR) is 129 cm³/mol. The Hall–Kier alpha value is -3.03. The lowest BCUT2D eigenvalue weighted by molar-refractivity contribution is -0.127. The maximum absolute atomic E-state index is 12.3. The molecule has 0 bridgehead atoms. The SMILES string of the molecule is CN(/C=C/C(=O)N1CCCCC1)CC1CCN(c2ccc(N3CCC(=O)NC3=O)cc2)CC1. The van der Waals surface area contributed by atoms with Crippen LogP contribution in [0.1, 0.15) is 38.5 Å². The number of carbonyl (C=O) groups excluding carboxylic acids is 3. The molecule has 0 saturated carbocycles. The zero-order valence-corrected chi connectivity index (χ0v) is 19.5. The van der Waals surface area contributed by atoms with E-state index < -0.39 is 0 Å². The highest BCUT2D eigenvalue weighted by Crippen LogP contribution is 2.27. The molecule has 33 heavy (non-hydrogen) atoms. The second kappa shape index (κ2) is 10.7. The van der Waals surface area contributed by atoms with Crippen LogP contribution in [0.2, 0.25) is 0 Å². The predicted octanol–water partition coefficient (Wildman–Crippen LogP) is 2.81. The van der Waals surface area contributed by atoms with E-state index in [0.29, 0.717) is 18.9 Å². The minimum atomic E-state index is -0.351. The Morgan fingerprint density at radius 1 is 1.00 bits per heavy atom. The first-order valence-corrected chi connectivity index (χ1v) is 12.1. The molecule has 3 aliphatic rings. The number of amides is 4. The average molecular weight is 454 g/mol. The van der Waals surface area contributed by atoms with Gasteiger partial charge >= 0.3 is 6.03 Å². The fourth-order valence-corrected chi connectivity index (χ4v) is 4.91. The summed E-state index contributed by atoms with van der Waals surface area (Å²) in [6.45, 7) is 5.13. The second-order valence-electron chi connectivity index (χ2n) is 9.34. The molecule has 0 aromatic heterocycles. The number of nitrogens with one attached hydrogen (secondary N) is 1. The Labute approximate surface area is 196 Å². The highest BCUT2D eigenvalue weighted by atomic mass is 16.2. The number of imide groups is 1. The molecule has 3 fully saturated rings. The van der Waals surface area contributed by atoms with Gasteiger partial charge in [0.25, 0.3) is 0 Å². The van der Waals surface area contributed by atoms with Crippen LogP contribution in [0.4, 0.5) is 16.2 Å². The molecular weight excluding hydrogens is 418 g/mol. The van der Waals surface area contributed by atoms with E-state index in [1.54, 1.807) is 11.0 Å². The van der Waals surface area contributed by atoms with Gasteiger partial charge in [0.05, 0.1) is 0 Å². The van der Waals surface area contributed by atoms with Crippen molar-refractivity contribution in [2.75, 3.05) is 56.1 Å². The molecule has 0 atom stereocenters. The number of hydrogen-bond acceptors (Lipinski definition) is 5. The molecule has 3 saturated heterocycles. The smallest absolute Gasteiger partial charge is 0.328 e. The van der Waals surface area contributed by atoms with Crippen molar-refractivity contribution in [3.63, 3.8) is 0 Å². The van der Waals surface area contributed by atoms with Crippen LogP contribution in [-0.2, 0) is 9.59 Å². The number of hydrogen-bond donors (Lipinski definition) is 1. The third kappa shape index (κ3) is 6.06. The summed E-state index contributed by atoms with van der Waals surface area (Å²) in [4.78, 5) is 43.8. The van der Waals surface area contributed by atoms with Crippen molar-refractivity contribution in [2.45, 2.75) is 38.5 Å². The average Bonchev–Trinajstić information content (AvgIpc) is 2.84. The number of benzene rings is 1. The molecule has 178 valence electrons. The van der Waals surface area contributed by atoms with Gasteiger partial charge in [-0.15, -0.1) is 0 Å². The first-order chi connectivity index (χ1) is 16.0. The Bertz CT molecular complexity index is 871. The minimum Gasteiger partial charge on any atom is -0.380 e. The molecule has 0 radical (unpaired) electrons. The van der Waals surface area contributed by atoms with Crippen molar-refractivity contribution in [1.29, 1.82) is 0 Å². The summed E-state index contributed by atoms with van der Waals surface area (Å²) < 4.78 is 0. The number of piperidine rings is 2. The highest BCUT2D eigenvalue weighted by molar-refractivity contribution is 6.05. The van der Waals surface area contributed by atoms with Gasteiger partial charge in [-0.05, 0) is 62.3 Å². The van der Waals surface area contributed by atoms with Gasteiger partial charge in [-0.25, -0.2) is 4.79 Å². The number of rotatable bonds is 6. The topological polar surface area (TPSA) is 76.2 Å². The first-order valence-electron chi connectivity index (χ1n) is 12.1. The molecule has 1 aromatic carbocycles. The summed E-state index contributed by atoms with van der Waals surface area (Å²) in [5.41, 5.74) is 1.97. The van der Waals surface area contributed by atoms with E-state index in [-0.39, 0.29) is 17.8 Å². The Morgan fingerprint density at radius 3 is 2.33 bits per heavy atom. The van der Waals surface area contributed by atoms with Gasteiger partial charge in [0, 0.05) is 76.4 Å². The van der Waals surface area contributed by atoms with Crippen LogP contribution in [0, 0.1) is 5.92 Å². The van der Waals surface area contributed by atoms with Crippen LogP contribution < -0.4 is 15.1 Å². The Morgan fingerprint density at radius 2 is 1.67 bits per heavy atom. The van der Waals surface area contributed by atoms with Crippen molar-refractivity contribution < 1.29 is 14.4 Å². The quantitative estimate of drug-likeness (QED) is 0.671. The van der Waals surface area contributed by atoms with E-state index in [1.165, 1.54) is 6.42 Å². The standard InChI is InChI=1S/C25H35N5O3/c1-27(15-12-24(32)29-13-3-2-4-14-29)19-20-9-16-28(17-10-20)21-5-7-22(8-6-21)30-18-11-23(31)26-25(30)33/h5-8,12,15,20H,2-4,9-11,13-14,16-19H2,1H3,(H,26,31,33)/b15-12+. The summed E-state index contributed by atoms with van der Waals surface area (Å²) >= 11 is 0. The second-order valence-corrected chi connectivity index (χ2v) is 9.34. The van der Waals surface area contributed by atoms with Gasteiger partial charge in [0.15, 0.2) is 0 Å². The Balaban J connectivity index is 1.22. The Kier molecular flexibility index (Phi) is 7.52. The molecule has 3 heterocycles. The van der Waals surface area contributed by atoms with Gasteiger partial charge in [0.1, 0.15) is 0 Å². The number of urea groups is 1. The van der Waals surface area contributed by atoms with Crippen LogP contribution in [0.3, 0.4) is 0 Å². The largest absolute Gasteiger partial charge is 0.380 e. The third-order valence-corrected chi connectivity index (χ3v) is 6.88. The van der Waals surface area contributed by atoms with Crippen LogP contribution in [0.5, 0.6) is 0 Å². The summed E-state index contributed by atoms with van der Waals surface area (Å²) in [7, 11) is 2.05. The summed E-state index contributed by atoms with van der Waals surface area (Å²) in [5.74, 6) is 0.522. The van der Waals surface area contributed by atoms with Crippen LogP contribution in [0.15, 0.2) is 36.5 Å². The van der Waals surface area contributed by atoms with Crippen molar-refractivity contribution in [1.82, 2.24) is 15.1 Å². The molecular formula is C25H35N5O3. The molecule has 8 nitrogen and oxygen atoms in total. The molecule has 1 N–H and O–H groups in total. The van der Waals surface area contributed by atoms with Crippen molar-refractivity contribution in [3.8, 4) is 0 Å². The number of likely N-dealkylation sites (tertiary alicyclic amines) is 1. The molecule has 0 spiro atoms. The maximum Gasteiger partial charge on any atom is 0.328 e. The van der Waals surface area contributed by atoms with E-state index in [1.807, 2.05) is 23.2 Å². The summed E-state index contributed by atoms with van der Waals surface area (Å²) in [5, 5.41) is 2.37. The third-order valence-electron chi connectivity index (χ3n) is 6.88. The van der Waals surface area contributed by atoms with Gasteiger partial charge in [0.2, 0.25) is 11.8 Å². The molecule has 1 aromatic rings. The molecule has 3 aliphatic heterocycles. The van der Waals surface area contributed by atoms with Crippen LogP contribution in [-0.4, -0.2) is 74.0 Å². The van der Waals surface area contributed by atoms with E-state index in [4.69, 9.17) is 0 Å². The lowest BCUT2D eigenvalue weighted by Crippen LogP contribution is -2.49. The molecule has 4 amide bonds. The van der Waals surface area contributed by atoms with E-state index in [9.17, 15) is 14.4 Å². The van der Waals surface area contributed by atoms with Crippen LogP contribution in [0.25, 0.3) is 0 Å². The lowest BCUT2D eigenvalue weighted by atomic mass is 9.96. The minimum absolute atomic E-state index is 0.133. The lowest BCUT2D eigenvalue weighted by Gasteiger charge is -2.35. The van der Waals surface area contributed by atoms with Gasteiger partial charge < -0.3 is 14.7 Å². The van der Waals surface area contributed by atoms with Crippen molar-refractivity contribution in [2.24, 2.45) is 5.92 Å². The number of carbonyl (C=O) groups is 3. The van der Waals surface area contributed by atoms with Crippen molar-refractivity contribution in [3.05, 3.63) is 36.5 Å². The fourth-order valence-electron chi connectivity index (χ4n) is 4.91. The highest BCUT2D eigenvalue weighted by Gasteiger charge is 2.25. The van der Waals surface area contributed by atoms with E-state index >= 15 is 0 Å². The summed E-state index contributed by atoms with van der Waals surface area (Å²) in [6, 6.07) is 7.67. The van der Waals surface area contributed by atoms with Gasteiger partial charge in [-0.1, -0.05) is 0 Å². The monoisotopic (exact) mass is 453 g/mol. The number of anilines is 2. The molecule has 0 aliphatic carbocycles. The first kappa shape index (κ1) is 23.1. The normalized spacial score (nSPS) is 20.3. The zero-order chi connectivity index (χ0) is 23.2. The summed E-state index contributed by atoms with van der Waals surface area (Å²) in [6.07, 6.45) is 9.67. The van der Waals surface area contributed by atoms with Crippen molar-refractivity contribution >= 4 is 29.2 Å². The maximum atomic E-state index is 12.3. The van der Waals surface area contributed by atoms with E-state index in [0.717, 1.165) is 69.8 Å². The fraction of sp³-hybridized carbons (Fsp3) is 0.560. The molecule has 4 rings (SSSR count). The van der Waals surface area contributed by atoms with Gasteiger partial charge in [-0.2, -0.15) is 0 Å². The van der Waals surface area contributed by atoms with Gasteiger partial charge in [-0.3, -0.25) is 19.8 Å². The molecule has 8 heteroatoms.